The molecule has 1 atom stereocenters. The van der Waals surface area contributed by atoms with Gasteiger partial charge in [-0.3, -0.25) is 9.69 Å². The smallest absolute Gasteiger partial charge is 0.319 e. The van der Waals surface area contributed by atoms with Crippen LogP contribution in [0.15, 0.2) is 66.7 Å². The molecule has 29 heavy (non-hydrogen) atoms. The van der Waals surface area contributed by atoms with Crippen LogP contribution in [0.3, 0.4) is 0 Å². The van der Waals surface area contributed by atoms with E-state index in [1.54, 1.807) is 24.9 Å². The van der Waals surface area contributed by atoms with E-state index in [0.29, 0.717) is 6.54 Å². The van der Waals surface area contributed by atoms with Gasteiger partial charge in [-0.1, -0.05) is 48.5 Å². The Balaban J connectivity index is 1.54. The van der Waals surface area contributed by atoms with Crippen molar-refractivity contribution in [1.82, 2.24) is 15.1 Å². The van der Waals surface area contributed by atoms with Crippen LogP contribution in [0.25, 0.3) is 10.8 Å². The highest BCUT2D eigenvalue weighted by Crippen LogP contribution is 2.31. The van der Waals surface area contributed by atoms with Crippen molar-refractivity contribution in [2.45, 2.75) is 19.0 Å². The highest BCUT2D eigenvalue weighted by Gasteiger charge is 2.49. The van der Waals surface area contributed by atoms with Gasteiger partial charge in [-0.25, -0.2) is 14.1 Å². The summed E-state index contributed by atoms with van der Waals surface area (Å²) < 4.78 is 13.4. The first-order valence-corrected chi connectivity index (χ1v) is 9.43. The van der Waals surface area contributed by atoms with Crippen LogP contribution < -0.4 is 5.32 Å². The Kier molecular flexibility index (Phi) is 4.80. The molecule has 1 aliphatic rings. The van der Waals surface area contributed by atoms with Crippen molar-refractivity contribution in [1.29, 1.82) is 0 Å². The zero-order valence-corrected chi connectivity index (χ0v) is 16.4. The third kappa shape index (κ3) is 3.59. The first kappa shape index (κ1) is 19.1. The average molecular weight is 391 g/mol. The Morgan fingerprint density at radius 2 is 1.76 bits per heavy atom. The Morgan fingerprint density at radius 3 is 2.52 bits per heavy atom. The van der Waals surface area contributed by atoms with Crippen molar-refractivity contribution in [2.24, 2.45) is 0 Å². The van der Waals surface area contributed by atoms with Crippen molar-refractivity contribution in [3.05, 3.63) is 83.7 Å². The minimum absolute atomic E-state index is 0.115. The number of carbonyl (C=O) groups excluding carboxylic acids is 2. The number of amides is 3. The third-order valence-corrected chi connectivity index (χ3v) is 5.33. The van der Waals surface area contributed by atoms with Crippen LogP contribution in [-0.2, 0) is 16.9 Å². The molecule has 1 aliphatic heterocycles. The van der Waals surface area contributed by atoms with Gasteiger partial charge in [-0.15, -0.1) is 0 Å². The first-order chi connectivity index (χ1) is 13.9. The van der Waals surface area contributed by atoms with Crippen molar-refractivity contribution in [3.8, 4) is 0 Å². The van der Waals surface area contributed by atoms with E-state index < -0.39 is 11.6 Å². The van der Waals surface area contributed by atoms with Crippen LogP contribution >= 0.6 is 0 Å². The molecule has 3 aromatic carbocycles. The summed E-state index contributed by atoms with van der Waals surface area (Å²) in [5.41, 5.74) is 0.391. The number of nitrogens with zero attached hydrogens (tertiary/aromatic N) is 2. The molecular formula is C23H22FN3O2. The fourth-order valence-corrected chi connectivity index (χ4v) is 3.76. The summed E-state index contributed by atoms with van der Waals surface area (Å²) in [4.78, 5) is 28.8. The summed E-state index contributed by atoms with van der Waals surface area (Å²) in [7, 11) is 1.79. The third-order valence-electron chi connectivity index (χ3n) is 5.33. The lowest BCUT2D eigenvalue weighted by molar-refractivity contribution is -0.132. The second-order valence-electron chi connectivity index (χ2n) is 7.64. The van der Waals surface area contributed by atoms with Crippen LogP contribution in [0.2, 0.25) is 0 Å². The number of hydrogen-bond acceptors (Lipinski definition) is 3. The molecule has 0 radical (unpaired) electrons. The number of hydrogen-bond donors (Lipinski definition) is 1. The predicted octanol–water partition coefficient (Wildman–Crippen LogP) is 3.84. The van der Waals surface area contributed by atoms with Gasteiger partial charge in [0.1, 0.15) is 11.4 Å². The molecule has 5 nitrogen and oxygen atoms in total. The minimum Gasteiger partial charge on any atom is -0.319 e. The molecule has 3 aromatic rings. The van der Waals surface area contributed by atoms with E-state index >= 15 is 0 Å². The molecule has 0 aliphatic carbocycles. The Labute approximate surface area is 168 Å². The van der Waals surface area contributed by atoms with Crippen LogP contribution in [0.5, 0.6) is 0 Å². The molecule has 3 amide bonds. The predicted molar refractivity (Wildman–Crippen MR) is 109 cm³/mol. The van der Waals surface area contributed by atoms with Gasteiger partial charge < -0.3 is 5.32 Å². The maximum Gasteiger partial charge on any atom is 0.326 e. The van der Waals surface area contributed by atoms with Crippen LogP contribution in [0, 0.1) is 5.82 Å². The van der Waals surface area contributed by atoms with E-state index in [4.69, 9.17) is 0 Å². The molecule has 1 saturated heterocycles. The zero-order valence-electron chi connectivity index (χ0n) is 16.4. The van der Waals surface area contributed by atoms with E-state index in [2.05, 4.69) is 5.32 Å². The molecule has 4 rings (SSSR count). The van der Waals surface area contributed by atoms with E-state index in [9.17, 15) is 14.0 Å². The quantitative estimate of drug-likeness (QED) is 0.673. The second kappa shape index (κ2) is 7.29. The summed E-state index contributed by atoms with van der Waals surface area (Å²) in [6.45, 7) is 2.26. The second-order valence-corrected chi connectivity index (χ2v) is 7.64. The van der Waals surface area contributed by atoms with Gasteiger partial charge in [0.2, 0.25) is 0 Å². The lowest BCUT2D eigenvalue weighted by atomic mass is 9.90. The van der Waals surface area contributed by atoms with Crippen molar-refractivity contribution >= 4 is 22.7 Å². The fraction of sp³-hybridized carbons (Fsp3) is 0.217. The van der Waals surface area contributed by atoms with Gasteiger partial charge in [0.25, 0.3) is 5.91 Å². The van der Waals surface area contributed by atoms with Crippen molar-refractivity contribution in [2.75, 3.05) is 13.7 Å². The number of urea groups is 1. The van der Waals surface area contributed by atoms with Gasteiger partial charge in [-0.2, -0.15) is 0 Å². The first-order valence-electron chi connectivity index (χ1n) is 9.43. The maximum atomic E-state index is 13.4. The summed E-state index contributed by atoms with van der Waals surface area (Å²) in [5, 5.41) is 4.92. The lowest BCUT2D eigenvalue weighted by Crippen LogP contribution is -2.42. The average Bonchev–Trinajstić information content (AvgIpc) is 2.91. The van der Waals surface area contributed by atoms with Gasteiger partial charge in [-0.05, 0) is 54.1 Å². The molecule has 148 valence electrons. The molecule has 6 heteroatoms. The van der Waals surface area contributed by atoms with Crippen LogP contribution in [-0.4, -0.2) is 35.5 Å². The molecule has 0 unspecified atom stereocenters. The van der Waals surface area contributed by atoms with Gasteiger partial charge in [0.05, 0.1) is 6.67 Å². The van der Waals surface area contributed by atoms with E-state index in [-0.39, 0.29) is 18.4 Å². The van der Waals surface area contributed by atoms with Gasteiger partial charge >= 0.3 is 6.03 Å². The zero-order chi connectivity index (χ0) is 20.6. The number of fused-ring (bicyclic) bond motifs is 1. The van der Waals surface area contributed by atoms with E-state index in [1.807, 2.05) is 48.5 Å². The highest BCUT2D eigenvalue weighted by molar-refractivity contribution is 6.07. The number of benzene rings is 3. The van der Waals surface area contributed by atoms with Crippen LogP contribution in [0.1, 0.15) is 18.1 Å². The monoisotopic (exact) mass is 391 g/mol. The minimum atomic E-state index is -1.12. The summed E-state index contributed by atoms with van der Waals surface area (Å²) in [5.74, 6) is -0.612. The topological polar surface area (TPSA) is 52.6 Å². The molecular weight excluding hydrogens is 369 g/mol. The molecule has 1 fully saturated rings. The maximum absolute atomic E-state index is 13.4. The van der Waals surface area contributed by atoms with E-state index in [1.165, 1.54) is 17.0 Å². The number of imide groups is 1. The van der Waals surface area contributed by atoms with Gasteiger partial charge in [0.15, 0.2) is 0 Å². The van der Waals surface area contributed by atoms with E-state index in [0.717, 1.165) is 21.9 Å². The normalized spacial score (nSPS) is 19.2. The fourth-order valence-electron chi connectivity index (χ4n) is 3.76. The summed E-state index contributed by atoms with van der Waals surface area (Å²) in [6.07, 6.45) is 0. The molecule has 0 aromatic heterocycles. The Morgan fingerprint density at radius 1 is 1.00 bits per heavy atom. The summed E-state index contributed by atoms with van der Waals surface area (Å²) >= 11 is 0. The number of halogens is 1. The summed E-state index contributed by atoms with van der Waals surface area (Å²) in [6, 6.07) is 19.5. The molecule has 1 heterocycles. The Bertz CT molecular complexity index is 1100. The molecule has 1 N–H and O–H groups in total. The number of nitrogens with one attached hydrogen (secondary N) is 1. The van der Waals surface area contributed by atoms with Crippen molar-refractivity contribution in [3.63, 3.8) is 0 Å². The van der Waals surface area contributed by atoms with Crippen molar-refractivity contribution < 1.29 is 14.0 Å². The lowest BCUT2D eigenvalue weighted by Gasteiger charge is -2.25. The standard InChI is InChI=1S/C23H22FN3O2/c1-23(19-11-10-17-7-3-4-8-18(17)13-19)21(28)27(22(29)25-23)15-26(2)14-16-6-5-9-20(24)12-16/h3-13H,14-15H2,1-2H3,(H,25,29)/t23-/m0/s1. The highest BCUT2D eigenvalue weighted by atomic mass is 19.1. The van der Waals surface area contributed by atoms with Gasteiger partial charge in [0, 0.05) is 6.54 Å². The number of rotatable bonds is 5. The molecule has 0 spiro atoms. The SMILES string of the molecule is CN(Cc1cccc(F)c1)CN1C(=O)N[C@@](C)(c2ccc3ccccc3c2)C1=O. The molecule has 0 saturated carbocycles. The van der Waals surface area contributed by atoms with Crippen LogP contribution in [0.4, 0.5) is 9.18 Å². The largest absolute Gasteiger partial charge is 0.326 e. The molecule has 0 bridgehead atoms. The number of carbonyl (C=O) groups is 2. The Hall–Kier alpha value is -3.25.